The van der Waals surface area contributed by atoms with E-state index in [1.54, 1.807) is 18.4 Å². The molecule has 0 aromatic carbocycles. The van der Waals surface area contributed by atoms with Crippen LogP contribution in [0.4, 0.5) is 0 Å². The van der Waals surface area contributed by atoms with Gasteiger partial charge in [-0.05, 0) is 13.3 Å². The van der Waals surface area contributed by atoms with Crippen molar-refractivity contribution in [1.29, 1.82) is 0 Å². The third-order valence-corrected chi connectivity index (χ3v) is 3.39. The van der Waals surface area contributed by atoms with Gasteiger partial charge in [-0.25, -0.2) is 4.98 Å². The van der Waals surface area contributed by atoms with E-state index < -0.39 is 0 Å². The van der Waals surface area contributed by atoms with Crippen LogP contribution in [0, 0.1) is 0 Å². The summed E-state index contributed by atoms with van der Waals surface area (Å²) in [7, 11) is 1.73. The average molecular weight is 214 g/mol. The van der Waals surface area contributed by atoms with E-state index in [1.165, 1.54) is 0 Å². The minimum Gasteiger partial charge on any atom is -0.374 e. The van der Waals surface area contributed by atoms with E-state index in [-0.39, 0.29) is 12.1 Å². The molecule has 0 aliphatic heterocycles. The summed E-state index contributed by atoms with van der Waals surface area (Å²) in [6.45, 7) is 4.12. The lowest BCUT2D eigenvalue weighted by molar-refractivity contribution is 0.0947. The van der Waals surface area contributed by atoms with Crippen LogP contribution in [0.3, 0.4) is 0 Å². The van der Waals surface area contributed by atoms with Gasteiger partial charge >= 0.3 is 0 Å². The van der Waals surface area contributed by atoms with Gasteiger partial charge in [-0.3, -0.25) is 0 Å². The Kier molecular flexibility index (Phi) is 4.51. The van der Waals surface area contributed by atoms with Gasteiger partial charge < -0.3 is 10.5 Å². The molecule has 0 radical (unpaired) electrons. The zero-order valence-electron chi connectivity index (χ0n) is 8.99. The highest BCUT2D eigenvalue weighted by Crippen LogP contribution is 2.28. The van der Waals surface area contributed by atoms with E-state index in [0.717, 1.165) is 22.7 Å². The molecule has 0 aliphatic rings. The van der Waals surface area contributed by atoms with E-state index in [1.807, 2.05) is 13.1 Å². The number of nitrogens with two attached hydrogens (primary N) is 1. The number of thiazole rings is 1. The number of hydrogen-bond acceptors (Lipinski definition) is 4. The first-order chi connectivity index (χ1) is 6.69. The number of rotatable bonds is 5. The third-order valence-electron chi connectivity index (χ3n) is 2.10. The van der Waals surface area contributed by atoms with Crippen molar-refractivity contribution in [1.82, 2.24) is 4.98 Å². The van der Waals surface area contributed by atoms with Crippen LogP contribution in [-0.4, -0.2) is 12.1 Å². The molecule has 2 N–H and O–H groups in total. The summed E-state index contributed by atoms with van der Waals surface area (Å²) in [6, 6.07) is 0.0698. The number of methoxy groups -OCH3 is 1. The Labute approximate surface area is 89.3 Å². The summed E-state index contributed by atoms with van der Waals surface area (Å²) in [5.41, 5.74) is 5.77. The molecule has 0 aliphatic carbocycles. The van der Waals surface area contributed by atoms with E-state index in [9.17, 15) is 0 Å². The molecule has 0 spiro atoms. The fourth-order valence-corrected chi connectivity index (χ4v) is 2.25. The van der Waals surface area contributed by atoms with Crippen LogP contribution in [0.2, 0.25) is 0 Å². The van der Waals surface area contributed by atoms with Gasteiger partial charge in [0.1, 0.15) is 11.1 Å². The molecule has 1 aromatic rings. The van der Waals surface area contributed by atoms with Crippen LogP contribution < -0.4 is 5.73 Å². The molecular formula is C10H18N2OS. The lowest BCUT2D eigenvalue weighted by Crippen LogP contribution is -2.02. The predicted molar refractivity (Wildman–Crippen MR) is 59.4 cm³/mol. The summed E-state index contributed by atoms with van der Waals surface area (Å²) in [5.74, 6) is 0. The van der Waals surface area contributed by atoms with Crippen molar-refractivity contribution in [2.75, 3.05) is 7.11 Å². The Bertz CT molecular complexity index is 273. The minimum absolute atomic E-state index is 0.0698. The van der Waals surface area contributed by atoms with Crippen molar-refractivity contribution < 1.29 is 4.74 Å². The minimum atomic E-state index is 0.0698. The quantitative estimate of drug-likeness (QED) is 0.819. The standard InChI is InChI=1S/C10H18N2OS/c1-4-5-8(13-3)10-12-6-9(14-10)7(2)11/h6-8H,4-5,11H2,1-3H3. The molecule has 2 unspecified atom stereocenters. The number of nitrogens with zero attached hydrogens (tertiary/aromatic N) is 1. The van der Waals surface area contributed by atoms with Crippen LogP contribution in [-0.2, 0) is 4.74 Å². The van der Waals surface area contributed by atoms with E-state index in [0.29, 0.717) is 0 Å². The second kappa shape index (κ2) is 5.44. The van der Waals surface area contributed by atoms with Crippen molar-refractivity contribution in [2.24, 2.45) is 5.73 Å². The lowest BCUT2D eigenvalue weighted by atomic mass is 10.2. The summed E-state index contributed by atoms with van der Waals surface area (Å²) in [4.78, 5) is 5.46. The van der Waals surface area contributed by atoms with Gasteiger partial charge in [0.15, 0.2) is 0 Å². The van der Waals surface area contributed by atoms with Gasteiger partial charge in [-0.15, -0.1) is 11.3 Å². The van der Waals surface area contributed by atoms with E-state index in [2.05, 4.69) is 11.9 Å². The van der Waals surface area contributed by atoms with E-state index in [4.69, 9.17) is 10.5 Å². The Morgan fingerprint density at radius 3 is 2.79 bits per heavy atom. The van der Waals surface area contributed by atoms with Gasteiger partial charge in [0, 0.05) is 24.2 Å². The van der Waals surface area contributed by atoms with Crippen LogP contribution in [0.15, 0.2) is 6.20 Å². The van der Waals surface area contributed by atoms with Gasteiger partial charge in [0.2, 0.25) is 0 Å². The van der Waals surface area contributed by atoms with Crippen molar-refractivity contribution in [2.45, 2.75) is 38.8 Å². The first kappa shape index (κ1) is 11.6. The fraction of sp³-hybridized carbons (Fsp3) is 0.700. The van der Waals surface area contributed by atoms with Crippen molar-refractivity contribution in [3.8, 4) is 0 Å². The summed E-state index contributed by atoms with van der Waals surface area (Å²) in [5, 5.41) is 1.04. The van der Waals surface area contributed by atoms with Gasteiger partial charge in [-0.2, -0.15) is 0 Å². The second-order valence-corrected chi connectivity index (χ2v) is 4.50. The number of ether oxygens (including phenoxy) is 1. The first-order valence-corrected chi connectivity index (χ1v) is 5.74. The predicted octanol–water partition coefficient (Wildman–Crippen LogP) is 2.65. The Morgan fingerprint density at radius 1 is 1.64 bits per heavy atom. The third kappa shape index (κ3) is 2.77. The SMILES string of the molecule is CCCC(OC)c1ncc(C(C)N)s1. The largest absolute Gasteiger partial charge is 0.374 e. The Morgan fingerprint density at radius 2 is 2.36 bits per heavy atom. The van der Waals surface area contributed by atoms with E-state index >= 15 is 0 Å². The normalized spacial score (nSPS) is 15.4. The van der Waals surface area contributed by atoms with Gasteiger partial charge in [0.25, 0.3) is 0 Å². The summed E-state index contributed by atoms with van der Waals surface area (Å²) in [6.07, 6.45) is 4.11. The maximum atomic E-state index is 5.77. The molecule has 1 aromatic heterocycles. The smallest absolute Gasteiger partial charge is 0.122 e. The molecule has 0 saturated carbocycles. The molecule has 2 atom stereocenters. The molecule has 0 bridgehead atoms. The fourth-order valence-electron chi connectivity index (χ4n) is 1.26. The zero-order valence-corrected chi connectivity index (χ0v) is 9.80. The van der Waals surface area contributed by atoms with Crippen molar-refractivity contribution >= 4 is 11.3 Å². The molecule has 1 rings (SSSR count). The van der Waals surface area contributed by atoms with Gasteiger partial charge in [0.05, 0.1) is 0 Å². The molecule has 4 heteroatoms. The van der Waals surface area contributed by atoms with Crippen molar-refractivity contribution in [3.63, 3.8) is 0 Å². The Hall–Kier alpha value is -0.450. The molecule has 1 heterocycles. The summed E-state index contributed by atoms with van der Waals surface area (Å²) >= 11 is 1.65. The van der Waals surface area contributed by atoms with Crippen LogP contribution >= 0.6 is 11.3 Å². The average Bonchev–Trinajstić information content (AvgIpc) is 2.63. The molecule has 0 fully saturated rings. The molecule has 0 amide bonds. The Balaban J connectivity index is 2.73. The molecule has 80 valence electrons. The molecular weight excluding hydrogens is 196 g/mol. The summed E-state index contributed by atoms with van der Waals surface area (Å²) < 4.78 is 5.38. The monoisotopic (exact) mass is 214 g/mol. The molecule has 0 saturated heterocycles. The first-order valence-electron chi connectivity index (χ1n) is 4.93. The van der Waals surface area contributed by atoms with Crippen LogP contribution in [0.25, 0.3) is 0 Å². The molecule has 3 nitrogen and oxygen atoms in total. The van der Waals surface area contributed by atoms with Gasteiger partial charge in [-0.1, -0.05) is 13.3 Å². The maximum Gasteiger partial charge on any atom is 0.122 e. The lowest BCUT2D eigenvalue weighted by Gasteiger charge is -2.10. The molecule has 14 heavy (non-hydrogen) atoms. The van der Waals surface area contributed by atoms with Crippen LogP contribution in [0.5, 0.6) is 0 Å². The van der Waals surface area contributed by atoms with Crippen molar-refractivity contribution in [3.05, 3.63) is 16.1 Å². The maximum absolute atomic E-state index is 5.77. The second-order valence-electron chi connectivity index (χ2n) is 3.40. The van der Waals surface area contributed by atoms with Crippen LogP contribution in [0.1, 0.15) is 48.7 Å². The number of aromatic nitrogens is 1. The highest BCUT2D eigenvalue weighted by molar-refractivity contribution is 7.11. The topological polar surface area (TPSA) is 48.1 Å². The highest BCUT2D eigenvalue weighted by atomic mass is 32.1. The highest BCUT2D eigenvalue weighted by Gasteiger charge is 2.14. The zero-order chi connectivity index (χ0) is 10.6. The number of hydrogen-bond donors (Lipinski definition) is 1.